The lowest BCUT2D eigenvalue weighted by molar-refractivity contribution is -0.902. The van der Waals surface area contributed by atoms with Crippen LogP contribution in [0.25, 0.3) is 0 Å². The summed E-state index contributed by atoms with van der Waals surface area (Å²) in [5, 5.41) is 0. The first-order chi connectivity index (χ1) is 7.77. The lowest BCUT2D eigenvalue weighted by atomic mass is 10.1. The number of nitrogens with zero attached hydrogens (tertiary/aromatic N) is 2. The molecular weight excluding hydrogens is 303 g/mol. The molecule has 0 bridgehead atoms. The average Bonchev–Trinajstić information content (AvgIpc) is 2.14. The lowest BCUT2D eigenvalue weighted by Gasteiger charge is -2.31. The van der Waals surface area contributed by atoms with Gasteiger partial charge in [0.25, 0.3) is 0 Å². The van der Waals surface area contributed by atoms with Gasteiger partial charge in [-0.25, -0.2) is 0 Å². The molecule has 0 radical (unpaired) electrons. The fourth-order valence-corrected chi connectivity index (χ4v) is 2.23. The van der Waals surface area contributed by atoms with E-state index < -0.39 is 0 Å². The van der Waals surface area contributed by atoms with Crippen molar-refractivity contribution in [2.24, 2.45) is 0 Å². The predicted octanol–water partition coefficient (Wildman–Crippen LogP) is -1.59. The summed E-state index contributed by atoms with van der Waals surface area (Å²) in [6.45, 7) is 6.24. The van der Waals surface area contributed by atoms with Crippen molar-refractivity contribution in [1.82, 2.24) is 0 Å². The molecule has 0 aliphatic carbocycles. The molecule has 0 aromatic carbocycles. The summed E-state index contributed by atoms with van der Waals surface area (Å²) >= 11 is 0. The third-order valence-electron chi connectivity index (χ3n) is 3.46. The molecule has 0 N–H and O–H groups in total. The topological polar surface area (TPSA) is 0 Å². The van der Waals surface area contributed by atoms with Crippen LogP contribution in [0.2, 0.25) is 0 Å². The molecule has 0 fully saturated rings. The molecule has 0 aliphatic rings. The Kier molecular flexibility index (Phi) is 26.7. The number of halogens is 2. The summed E-state index contributed by atoms with van der Waals surface area (Å²) in [6.07, 6.45) is 8.35. The SMILES string of the molecule is C.C.CCCCCCC[N+](C)(C)CCC[N+](C)(C)C.[Cl-].[Cl-]. The highest BCUT2D eigenvalue weighted by Crippen LogP contribution is 2.08. The first-order valence-electron chi connectivity index (χ1n) is 7.39. The van der Waals surface area contributed by atoms with E-state index in [-0.39, 0.29) is 39.7 Å². The minimum Gasteiger partial charge on any atom is -1.00 e. The molecule has 0 saturated heterocycles. The van der Waals surface area contributed by atoms with Crippen molar-refractivity contribution >= 4 is 0 Å². The fraction of sp³-hybridized carbons (Fsp3) is 1.00. The van der Waals surface area contributed by atoms with Crippen LogP contribution in [0.15, 0.2) is 0 Å². The van der Waals surface area contributed by atoms with Crippen LogP contribution in [0.5, 0.6) is 0 Å². The van der Waals surface area contributed by atoms with E-state index >= 15 is 0 Å². The Bertz CT molecular complexity index is 190. The maximum Gasteiger partial charge on any atom is 0.0836 e. The van der Waals surface area contributed by atoms with E-state index in [2.05, 4.69) is 42.2 Å². The van der Waals surface area contributed by atoms with E-state index in [9.17, 15) is 0 Å². The third-order valence-corrected chi connectivity index (χ3v) is 3.46. The highest BCUT2D eigenvalue weighted by atomic mass is 35.5. The van der Waals surface area contributed by atoms with Crippen molar-refractivity contribution in [2.45, 2.75) is 60.3 Å². The molecule has 0 spiro atoms. The summed E-state index contributed by atoms with van der Waals surface area (Å²) in [5.74, 6) is 0. The van der Waals surface area contributed by atoms with Gasteiger partial charge < -0.3 is 33.8 Å². The second-order valence-electron chi connectivity index (χ2n) is 7.16. The molecule has 21 heavy (non-hydrogen) atoms. The second-order valence-corrected chi connectivity index (χ2v) is 7.16. The van der Waals surface area contributed by atoms with E-state index in [1.54, 1.807) is 0 Å². The van der Waals surface area contributed by atoms with Gasteiger partial charge in [-0.05, 0) is 12.8 Å². The molecular formula is C17H44Cl2N2. The fourth-order valence-electron chi connectivity index (χ4n) is 2.23. The smallest absolute Gasteiger partial charge is 0.0836 e. The Morgan fingerprint density at radius 1 is 0.571 bits per heavy atom. The third kappa shape index (κ3) is 25.8. The van der Waals surface area contributed by atoms with Crippen LogP contribution in [0.3, 0.4) is 0 Å². The van der Waals surface area contributed by atoms with Crippen LogP contribution in [-0.4, -0.2) is 63.8 Å². The van der Waals surface area contributed by atoms with E-state index in [0.29, 0.717) is 0 Å². The number of unbranched alkanes of at least 4 members (excludes halogenated alkanes) is 4. The van der Waals surface area contributed by atoms with Gasteiger partial charge in [0.15, 0.2) is 0 Å². The van der Waals surface area contributed by atoms with E-state index in [1.807, 2.05) is 0 Å². The minimum atomic E-state index is 0. The van der Waals surface area contributed by atoms with Crippen LogP contribution in [0.1, 0.15) is 60.3 Å². The van der Waals surface area contributed by atoms with Gasteiger partial charge in [0, 0.05) is 6.42 Å². The Morgan fingerprint density at radius 3 is 1.43 bits per heavy atom. The van der Waals surface area contributed by atoms with Gasteiger partial charge in [-0.1, -0.05) is 41.0 Å². The average molecular weight is 347 g/mol. The van der Waals surface area contributed by atoms with Gasteiger partial charge in [-0.15, -0.1) is 0 Å². The molecule has 0 aromatic rings. The van der Waals surface area contributed by atoms with Gasteiger partial charge >= 0.3 is 0 Å². The van der Waals surface area contributed by atoms with Crippen LogP contribution < -0.4 is 24.8 Å². The quantitative estimate of drug-likeness (QED) is 0.330. The molecule has 0 saturated carbocycles. The Morgan fingerprint density at radius 2 is 1.00 bits per heavy atom. The summed E-state index contributed by atoms with van der Waals surface area (Å²) < 4.78 is 2.29. The van der Waals surface area contributed by atoms with Crippen molar-refractivity contribution < 1.29 is 33.8 Å². The summed E-state index contributed by atoms with van der Waals surface area (Å²) in [6, 6.07) is 0. The van der Waals surface area contributed by atoms with E-state index in [4.69, 9.17) is 0 Å². The summed E-state index contributed by atoms with van der Waals surface area (Å²) in [4.78, 5) is 0. The van der Waals surface area contributed by atoms with Crippen LogP contribution >= 0.6 is 0 Å². The Hall–Kier alpha value is 0.500. The zero-order valence-electron chi connectivity index (χ0n) is 14.0. The molecule has 0 aromatic heterocycles. The van der Waals surface area contributed by atoms with Crippen molar-refractivity contribution in [3.63, 3.8) is 0 Å². The molecule has 4 heteroatoms. The molecule has 0 rings (SSSR count). The van der Waals surface area contributed by atoms with Crippen molar-refractivity contribution in [3.8, 4) is 0 Å². The molecule has 2 nitrogen and oxygen atoms in total. The normalized spacial score (nSPS) is 10.6. The molecule has 0 heterocycles. The van der Waals surface area contributed by atoms with Crippen molar-refractivity contribution in [2.75, 3.05) is 54.9 Å². The largest absolute Gasteiger partial charge is 1.00 e. The minimum absolute atomic E-state index is 0. The second kappa shape index (κ2) is 16.9. The van der Waals surface area contributed by atoms with Crippen LogP contribution in [0, 0.1) is 0 Å². The number of hydrogen-bond acceptors (Lipinski definition) is 0. The van der Waals surface area contributed by atoms with Gasteiger partial charge in [0.05, 0.1) is 54.9 Å². The Labute approximate surface area is 149 Å². The maximum atomic E-state index is 2.38. The lowest BCUT2D eigenvalue weighted by Crippen LogP contribution is -3.00. The molecule has 0 atom stereocenters. The first-order valence-corrected chi connectivity index (χ1v) is 7.39. The van der Waals surface area contributed by atoms with Gasteiger partial charge in [0.2, 0.25) is 0 Å². The first kappa shape index (κ1) is 33.2. The van der Waals surface area contributed by atoms with Gasteiger partial charge in [-0.2, -0.15) is 0 Å². The molecule has 136 valence electrons. The van der Waals surface area contributed by atoms with E-state index in [0.717, 1.165) is 4.48 Å². The molecule has 0 unspecified atom stereocenters. The zero-order chi connectivity index (χ0) is 13.4. The van der Waals surface area contributed by atoms with Crippen molar-refractivity contribution in [3.05, 3.63) is 0 Å². The van der Waals surface area contributed by atoms with Gasteiger partial charge in [0.1, 0.15) is 0 Å². The summed E-state index contributed by atoms with van der Waals surface area (Å²) in [5.41, 5.74) is 0. The maximum absolute atomic E-state index is 2.38. The number of quaternary nitrogens is 2. The van der Waals surface area contributed by atoms with Crippen LogP contribution in [-0.2, 0) is 0 Å². The monoisotopic (exact) mass is 346 g/mol. The zero-order valence-corrected chi connectivity index (χ0v) is 15.5. The number of hydrogen-bond donors (Lipinski definition) is 0. The van der Waals surface area contributed by atoms with Crippen molar-refractivity contribution in [1.29, 1.82) is 0 Å². The highest BCUT2D eigenvalue weighted by molar-refractivity contribution is 4.43. The number of rotatable bonds is 10. The standard InChI is InChI=1S/C15H36N2.2CH4.2ClH/c1-7-8-9-10-11-14-17(5,6)15-12-13-16(2,3)4;;;;/h7-15H2,1-6H3;2*1H4;2*1H/q+2;;;;/p-2. The summed E-state index contributed by atoms with van der Waals surface area (Å²) in [7, 11) is 11.6. The predicted molar refractivity (Wildman–Crippen MR) is 91.6 cm³/mol. The van der Waals surface area contributed by atoms with Crippen LogP contribution in [0.4, 0.5) is 0 Å². The molecule has 0 amide bonds. The molecule has 0 aliphatic heterocycles. The highest BCUT2D eigenvalue weighted by Gasteiger charge is 2.16. The van der Waals surface area contributed by atoms with Gasteiger partial charge in [-0.3, -0.25) is 0 Å². The van der Waals surface area contributed by atoms with E-state index in [1.165, 1.54) is 62.6 Å². The Balaban J connectivity index is -0.000000213.